The predicted molar refractivity (Wildman–Crippen MR) is 117 cm³/mol. The third-order valence-corrected chi connectivity index (χ3v) is 5.76. The van der Waals surface area contributed by atoms with E-state index in [4.69, 9.17) is 0 Å². The highest BCUT2D eigenvalue weighted by Crippen LogP contribution is 2.33. The van der Waals surface area contributed by atoms with Crippen LogP contribution in [0.25, 0.3) is 21.5 Å². The normalized spacial score (nSPS) is 11.6. The van der Waals surface area contributed by atoms with Gasteiger partial charge in [-0.1, -0.05) is 76.6 Å². The van der Waals surface area contributed by atoms with Gasteiger partial charge >= 0.3 is 0 Å². The Hall–Kier alpha value is -1.96. The molecule has 0 spiro atoms. The lowest BCUT2D eigenvalue weighted by Crippen LogP contribution is -1.95. The zero-order valence-electron chi connectivity index (χ0n) is 17.3. The second kappa shape index (κ2) is 10.0. The van der Waals surface area contributed by atoms with Crippen LogP contribution in [0.4, 0.5) is 8.78 Å². The molecule has 0 amide bonds. The summed E-state index contributed by atoms with van der Waals surface area (Å²) in [5.74, 6) is -1.41. The Bertz CT molecular complexity index is 850. The Labute approximate surface area is 168 Å². The summed E-state index contributed by atoms with van der Waals surface area (Å²) in [5, 5.41) is 2.44. The fraction of sp³-hybridized carbons (Fsp3) is 0.462. The van der Waals surface area contributed by atoms with Crippen LogP contribution in [0.3, 0.4) is 0 Å². The number of aryl methyl sites for hydroxylation is 2. The first-order valence-electron chi connectivity index (χ1n) is 11.0. The first-order valence-corrected chi connectivity index (χ1v) is 11.0. The molecule has 28 heavy (non-hydrogen) atoms. The van der Waals surface area contributed by atoms with E-state index >= 15 is 0 Å². The molecule has 0 aliphatic rings. The molecule has 0 atom stereocenters. The van der Waals surface area contributed by atoms with Gasteiger partial charge in [0.1, 0.15) is 0 Å². The van der Waals surface area contributed by atoms with Crippen molar-refractivity contribution in [2.45, 2.75) is 78.1 Å². The summed E-state index contributed by atoms with van der Waals surface area (Å²) in [7, 11) is 0. The lowest BCUT2D eigenvalue weighted by Gasteiger charge is -2.11. The molecular formula is C26H32F2. The zero-order valence-corrected chi connectivity index (χ0v) is 17.3. The maximum atomic E-state index is 14.9. The van der Waals surface area contributed by atoms with Crippen molar-refractivity contribution in [1.29, 1.82) is 0 Å². The van der Waals surface area contributed by atoms with Gasteiger partial charge < -0.3 is 0 Å². The van der Waals surface area contributed by atoms with Gasteiger partial charge in [-0.2, -0.15) is 0 Å². The minimum atomic E-state index is -0.707. The number of fused-ring (bicyclic) bond motifs is 3. The molecule has 3 aromatic carbocycles. The van der Waals surface area contributed by atoms with Crippen LogP contribution < -0.4 is 0 Å². The summed E-state index contributed by atoms with van der Waals surface area (Å²) in [5.41, 5.74) is 2.18. The second-order valence-electron chi connectivity index (χ2n) is 8.01. The van der Waals surface area contributed by atoms with Gasteiger partial charge in [0.2, 0.25) is 0 Å². The molecule has 0 fully saturated rings. The SMILES string of the molecule is CCCCCCc1ccc2c(c1)c(F)c(F)c1cc(CCCCCC)ccc12. The number of hydrogen-bond donors (Lipinski definition) is 0. The van der Waals surface area contributed by atoms with E-state index in [9.17, 15) is 8.78 Å². The van der Waals surface area contributed by atoms with Crippen LogP contribution in [-0.4, -0.2) is 0 Å². The summed E-state index contributed by atoms with van der Waals surface area (Å²) in [4.78, 5) is 0. The van der Waals surface area contributed by atoms with Crippen molar-refractivity contribution in [2.24, 2.45) is 0 Å². The van der Waals surface area contributed by atoms with Crippen LogP contribution >= 0.6 is 0 Å². The van der Waals surface area contributed by atoms with Gasteiger partial charge in [0, 0.05) is 10.8 Å². The van der Waals surface area contributed by atoms with Gasteiger partial charge in [0.05, 0.1) is 0 Å². The van der Waals surface area contributed by atoms with Crippen molar-refractivity contribution < 1.29 is 8.78 Å². The van der Waals surface area contributed by atoms with Crippen molar-refractivity contribution in [3.8, 4) is 0 Å². The summed E-state index contributed by atoms with van der Waals surface area (Å²) >= 11 is 0. The maximum absolute atomic E-state index is 14.9. The molecular weight excluding hydrogens is 350 g/mol. The molecule has 3 rings (SSSR count). The highest BCUT2D eigenvalue weighted by molar-refractivity contribution is 6.08. The van der Waals surface area contributed by atoms with Crippen LogP contribution in [0.2, 0.25) is 0 Å². The van der Waals surface area contributed by atoms with E-state index in [1.54, 1.807) is 0 Å². The van der Waals surface area contributed by atoms with Gasteiger partial charge in [0.25, 0.3) is 0 Å². The van der Waals surface area contributed by atoms with Crippen molar-refractivity contribution in [3.63, 3.8) is 0 Å². The topological polar surface area (TPSA) is 0 Å². The summed E-state index contributed by atoms with van der Waals surface area (Å²) in [6.07, 6.45) is 11.3. The Morgan fingerprint density at radius 3 is 1.36 bits per heavy atom. The van der Waals surface area contributed by atoms with Crippen molar-refractivity contribution >= 4 is 21.5 Å². The van der Waals surface area contributed by atoms with Crippen molar-refractivity contribution in [2.75, 3.05) is 0 Å². The number of halogens is 2. The Balaban J connectivity index is 1.90. The summed E-state index contributed by atoms with van der Waals surface area (Å²) in [6.45, 7) is 4.38. The first kappa shape index (κ1) is 20.8. The predicted octanol–water partition coefficient (Wildman–Crippen LogP) is 8.52. The van der Waals surface area contributed by atoms with Crippen molar-refractivity contribution in [3.05, 3.63) is 59.2 Å². The molecule has 0 N–H and O–H groups in total. The molecule has 3 aromatic rings. The fourth-order valence-electron chi connectivity index (χ4n) is 4.08. The molecule has 0 nitrogen and oxygen atoms in total. The third-order valence-electron chi connectivity index (χ3n) is 5.76. The molecule has 0 unspecified atom stereocenters. The average Bonchev–Trinajstić information content (AvgIpc) is 2.72. The second-order valence-corrected chi connectivity index (χ2v) is 8.01. The van der Waals surface area contributed by atoms with Crippen LogP contribution in [0.1, 0.15) is 76.3 Å². The number of rotatable bonds is 10. The van der Waals surface area contributed by atoms with Crippen molar-refractivity contribution in [1.82, 2.24) is 0 Å². The molecule has 0 bridgehead atoms. The van der Waals surface area contributed by atoms with Gasteiger partial charge in [-0.15, -0.1) is 0 Å². The average molecular weight is 383 g/mol. The Morgan fingerprint density at radius 1 is 0.536 bits per heavy atom. The van der Waals surface area contributed by atoms with Gasteiger partial charge in [-0.25, -0.2) is 8.78 Å². The van der Waals surface area contributed by atoms with Gasteiger partial charge in [-0.05, 0) is 59.7 Å². The minimum absolute atomic E-state index is 0.411. The monoisotopic (exact) mass is 382 g/mol. The molecule has 150 valence electrons. The van der Waals surface area contributed by atoms with E-state index in [-0.39, 0.29) is 0 Å². The fourth-order valence-corrected chi connectivity index (χ4v) is 4.08. The highest BCUT2D eigenvalue weighted by atomic mass is 19.2. The molecule has 0 saturated carbocycles. The molecule has 2 heteroatoms. The molecule has 0 radical (unpaired) electrons. The molecule has 0 aromatic heterocycles. The number of unbranched alkanes of at least 4 members (excludes halogenated alkanes) is 6. The summed E-state index contributed by atoms with van der Waals surface area (Å²) < 4.78 is 29.7. The van der Waals surface area contributed by atoms with Crippen LogP contribution in [0, 0.1) is 11.6 Å². The van der Waals surface area contributed by atoms with E-state index in [2.05, 4.69) is 26.0 Å². The van der Waals surface area contributed by atoms with E-state index in [0.717, 1.165) is 47.6 Å². The zero-order chi connectivity index (χ0) is 19.9. The molecule has 0 aliphatic heterocycles. The van der Waals surface area contributed by atoms with Gasteiger partial charge in [-0.3, -0.25) is 0 Å². The van der Waals surface area contributed by atoms with Gasteiger partial charge in [0.15, 0.2) is 11.6 Å². The smallest absolute Gasteiger partial charge is 0.167 e. The number of benzene rings is 3. The third kappa shape index (κ3) is 4.71. The molecule has 0 heterocycles. The Morgan fingerprint density at radius 2 is 0.964 bits per heavy atom. The lowest BCUT2D eigenvalue weighted by molar-refractivity contribution is 0.525. The van der Waals surface area contributed by atoms with E-state index < -0.39 is 11.6 Å². The molecule has 0 saturated heterocycles. The lowest BCUT2D eigenvalue weighted by atomic mass is 9.95. The Kier molecular flexibility index (Phi) is 7.42. The standard InChI is InChI=1S/C26H32F2/c1-3-5-7-9-11-19-13-15-21-22-16-14-20(12-10-8-6-4-2)18-24(22)26(28)25(27)23(21)17-19/h13-18H,3-12H2,1-2H3. The van der Waals surface area contributed by atoms with E-state index in [1.165, 1.54) is 38.5 Å². The molecule has 0 aliphatic carbocycles. The largest absolute Gasteiger partial charge is 0.203 e. The van der Waals surface area contributed by atoms with Crippen LogP contribution in [0.5, 0.6) is 0 Å². The van der Waals surface area contributed by atoms with Crippen LogP contribution in [-0.2, 0) is 12.8 Å². The first-order chi connectivity index (χ1) is 13.7. The maximum Gasteiger partial charge on any atom is 0.167 e. The quantitative estimate of drug-likeness (QED) is 0.243. The number of hydrogen-bond acceptors (Lipinski definition) is 0. The van der Waals surface area contributed by atoms with Crippen LogP contribution in [0.15, 0.2) is 36.4 Å². The van der Waals surface area contributed by atoms with E-state index in [0.29, 0.717) is 10.8 Å². The summed E-state index contributed by atoms with van der Waals surface area (Å²) in [6, 6.07) is 11.8. The highest BCUT2D eigenvalue weighted by Gasteiger charge is 2.15. The van der Waals surface area contributed by atoms with E-state index in [1.807, 2.05) is 24.3 Å². The minimum Gasteiger partial charge on any atom is -0.203 e.